The van der Waals surface area contributed by atoms with Crippen molar-refractivity contribution < 1.29 is 14.2 Å². The van der Waals surface area contributed by atoms with Crippen LogP contribution in [0, 0.1) is 12.7 Å². The van der Waals surface area contributed by atoms with E-state index in [0.717, 1.165) is 24.2 Å². The third kappa shape index (κ3) is 3.51. The molecular formula is C14H20FNO2. The second-order valence-corrected chi connectivity index (χ2v) is 4.84. The molecular weight excluding hydrogens is 233 g/mol. The molecule has 4 heteroatoms. The van der Waals surface area contributed by atoms with E-state index in [2.05, 4.69) is 4.90 Å². The number of nitrogens with zero attached hydrogens (tertiary/aromatic N) is 1. The Morgan fingerprint density at radius 1 is 1.50 bits per heavy atom. The maximum atomic E-state index is 13.8. The molecule has 18 heavy (non-hydrogen) atoms. The van der Waals surface area contributed by atoms with Gasteiger partial charge in [0.15, 0.2) is 0 Å². The zero-order valence-electron chi connectivity index (χ0n) is 10.7. The Labute approximate surface area is 107 Å². The van der Waals surface area contributed by atoms with E-state index in [1.807, 2.05) is 19.1 Å². The Kier molecular flexibility index (Phi) is 4.69. The Bertz CT molecular complexity index is 395. The van der Waals surface area contributed by atoms with Crippen molar-refractivity contribution in [3.63, 3.8) is 0 Å². The van der Waals surface area contributed by atoms with E-state index in [-0.39, 0.29) is 18.5 Å². The average molecular weight is 253 g/mol. The van der Waals surface area contributed by atoms with Gasteiger partial charge in [0.25, 0.3) is 0 Å². The quantitative estimate of drug-likeness (QED) is 0.887. The van der Waals surface area contributed by atoms with Crippen LogP contribution >= 0.6 is 0 Å². The van der Waals surface area contributed by atoms with E-state index in [4.69, 9.17) is 9.84 Å². The van der Waals surface area contributed by atoms with Crippen molar-refractivity contribution in [3.8, 4) is 0 Å². The molecule has 100 valence electrons. The molecule has 1 aromatic rings. The molecule has 1 fully saturated rings. The maximum Gasteiger partial charge on any atom is 0.127 e. The van der Waals surface area contributed by atoms with Gasteiger partial charge >= 0.3 is 0 Å². The molecule has 2 rings (SSSR count). The van der Waals surface area contributed by atoms with Gasteiger partial charge in [-0.15, -0.1) is 0 Å². The minimum Gasteiger partial charge on any atom is -0.396 e. The number of ether oxygens (including phenoxy) is 1. The lowest BCUT2D eigenvalue weighted by atomic mass is 10.1. The Morgan fingerprint density at radius 3 is 3.06 bits per heavy atom. The summed E-state index contributed by atoms with van der Waals surface area (Å²) in [6.45, 7) is 4.86. The number of hydrogen-bond acceptors (Lipinski definition) is 3. The van der Waals surface area contributed by atoms with Crippen molar-refractivity contribution in [3.05, 3.63) is 35.1 Å². The first-order chi connectivity index (χ1) is 8.69. The third-order valence-corrected chi connectivity index (χ3v) is 3.28. The fourth-order valence-electron chi connectivity index (χ4n) is 2.26. The van der Waals surface area contributed by atoms with Crippen molar-refractivity contribution >= 4 is 0 Å². The lowest BCUT2D eigenvalue weighted by Gasteiger charge is -2.32. The second-order valence-electron chi connectivity index (χ2n) is 4.84. The van der Waals surface area contributed by atoms with Crippen LogP contribution in [0.5, 0.6) is 0 Å². The van der Waals surface area contributed by atoms with Gasteiger partial charge in [-0.1, -0.05) is 12.1 Å². The third-order valence-electron chi connectivity index (χ3n) is 3.28. The second kappa shape index (κ2) is 6.27. The van der Waals surface area contributed by atoms with Crippen molar-refractivity contribution in [1.29, 1.82) is 0 Å². The number of aryl methyl sites for hydroxylation is 1. The van der Waals surface area contributed by atoms with Crippen LogP contribution in [0.1, 0.15) is 17.5 Å². The molecule has 0 amide bonds. The molecule has 0 aromatic heterocycles. The summed E-state index contributed by atoms with van der Waals surface area (Å²) in [5.74, 6) is -0.139. The lowest BCUT2D eigenvalue weighted by Crippen LogP contribution is -2.42. The standard InChI is InChI=1S/C14H20FNO2/c1-11-2-3-12(14(15)8-11)9-16-5-7-18-13(10-16)4-6-17/h2-3,8,13,17H,4-7,9-10H2,1H3/t13-/m1/s1. The molecule has 1 saturated heterocycles. The van der Waals surface area contributed by atoms with E-state index >= 15 is 0 Å². The molecule has 1 aromatic carbocycles. The monoisotopic (exact) mass is 253 g/mol. The topological polar surface area (TPSA) is 32.7 Å². The van der Waals surface area contributed by atoms with Crippen LogP contribution < -0.4 is 0 Å². The fraction of sp³-hybridized carbons (Fsp3) is 0.571. The molecule has 0 saturated carbocycles. The molecule has 1 aliphatic heterocycles. The van der Waals surface area contributed by atoms with Crippen LogP contribution in [0.2, 0.25) is 0 Å². The van der Waals surface area contributed by atoms with E-state index < -0.39 is 0 Å². The minimum atomic E-state index is -0.139. The van der Waals surface area contributed by atoms with Gasteiger partial charge in [-0.25, -0.2) is 4.39 Å². The summed E-state index contributed by atoms with van der Waals surface area (Å²) in [5, 5.41) is 8.91. The lowest BCUT2D eigenvalue weighted by molar-refractivity contribution is -0.0409. The van der Waals surface area contributed by atoms with E-state index in [1.165, 1.54) is 0 Å². The van der Waals surface area contributed by atoms with Gasteiger partial charge < -0.3 is 9.84 Å². The summed E-state index contributed by atoms with van der Waals surface area (Å²) in [5.41, 5.74) is 1.67. The first kappa shape index (κ1) is 13.5. The summed E-state index contributed by atoms with van der Waals surface area (Å²) in [4.78, 5) is 2.18. The number of aliphatic hydroxyl groups excluding tert-OH is 1. The summed E-state index contributed by atoms with van der Waals surface area (Å²) in [6, 6.07) is 5.35. The molecule has 1 heterocycles. The fourth-order valence-corrected chi connectivity index (χ4v) is 2.26. The number of rotatable bonds is 4. The van der Waals surface area contributed by atoms with E-state index in [9.17, 15) is 4.39 Å². The number of halogens is 1. The average Bonchev–Trinajstić information content (AvgIpc) is 2.34. The van der Waals surface area contributed by atoms with Gasteiger partial charge in [0.2, 0.25) is 0 Å². The van der Waals surface area contributed by atoms with Gasteiger partial charge in [0.1, 0.15) is 5.82 Å². The van der Waals surface area contributed by atoms with E-state index in [1.54, 1.807) is 6.07 Å². The molecule has 0 radical (unpaired) electrons. The number of aliphatic hydroxyl groups is 1. The van der Waals surface area contributed by atoms with Gasteiger partial charge in [-0.3, -0.25) is 4.90 Å². The molecule has 0 spiro atoms. The Hall–Kier alpha value is -0.970. The van der Waals surface area contributed by atoms with Gasteiger partial charge in [-0.05, 0) is 25.0 Å². The minimum absolute atomic E-state index is 0.0669. The predicted octanol–water partition coefficient (Wildman–Crippen LogP) is 1.72. The maximum absolute atomic E-state index is 13.8. The highest BCUT2D eigenvalue weighted by atomic mass is 19.1. The first-order valence-electron chi connectivity index (χ1n) is 6.39. The highest BCUT2D eigenvalue weighted by Gasteiger charge is 2.20. The van der Waals surface area contributed by atoms with Crippen LogP contribution in [0.4, 0.5) is 4.39 Å². The number of benzene rings is 1. The highest BCUT2D eigenvalue weighted by molar-refractivity contribution is 5.23. The van der Waals surface area contributed by atoms with Crippen molar-refractivity contribution in [1.82, 2.24) is 4.90 Å². The summed E-state index contributed by atoms with van der Waals surface area (Å²) < 4.78 is 19.3. The summed E-state index contributed by atoms with van der Waals surface area (Å²) in [6.07, 6.45) is 0.713. The Morgan fingerprint density at radius 2 is 2.33 bits per heavy atom. The zero-order chi connectivity index (χ0) is 13.0. The molecule has 0 unspecified atom stereocenters. The SMILES string of the molecule is Cc1ccc(CN2CCO[C@H](CCO)C2)c(F)c1. The summed E-state index contributed by atoms with van der Waals surface area (Å²) in [7, 11) is 0. The molecule has 3 nitrogen and oxygen atoms in total. The van der Waals surface area contributed by atoms with Crippen molar-refractivity contribution in [2.75, 3.05) is 26.3 Å². The molecule has 1 aliphatic rings. The van der Waals surface area contributed by atoms with E-state index in [0.29, 0.717) is 19.6 Å². The number of morpholine rings is 1. The van der Waals surface area contributed by atoms with Crippen molar-refractivity contribution in [2.45, 2.75) is 26.0 Å². The van der Waals surface area contributed by atoms with Crippen molar-refractivity contribution in [2.24, 2.45) is 0 Å². The smallest absolute Gasteiger partial charge is 0.127 e. The molecule has 0 bridgehead atoms. The van der Waals surface area contributed by atoms with Gasteiger partial charge in [0.05, 0.1) is 12.7 Å². The van der Waals surface area contributed by atoms with Gasteiger partial charge in [0, 0.05) is 31.8 Å². The van der Waals surface area contributed by atoms with Crippen LogP contribution in [0.3, 0.4) is 0 Å². The first-order valence-corrected chi connectivity index (χ1v) is 6.39. The predicted molar refractivity (Wildman–Crippen MR) is 67.9 cm³/mol. The van der Waals surface area contributed by atoms with Crippen LogP contribution in [0.25, 0.3) is 0 Å². The number of hydrogen-bond donors (Lipinski definition) is 1. The molecule has 0 aliphatic carbocycles. The van der Waals surface area contributed by atoms with Crippen LogP contribution in [-0.4, -0.2) is 42.4 Å². The highest BCUT2D eigenvalue weighted by Crippen LogP contribution is 2.15. The largest absolute Gasteiger partial charge is 0.396 e. The van der Waals surface area contributed by atoms with Crippen LogP contribution in [-0.2, 0) is 11.3 Å². The Balaban J connectivity index is 1.96. The normalized spacial score (nSPS) is 21.2. The van der Waals surface area contributed by atoms with Gasteiger partial charge in [-0.2, -0.15) is 0 Å². The summed E-state index contributed by atoms with van der Waals surface area (Å²) >= 11 is 0. The zero-order valence-corrected chi connectivity index (χ0v) is 10.7. The van der Waals surface area contributed by atoms with Crippen LogP contribution in [0.15, 0.2) is 18.2 Å². The molecule has 1 N–H and O–H groups in total. The molecule has 1 atom stereocenters.